The van der Waals surface area contributed by atoms with Crippen LogP contribution in [0.5, 0.6) is 0 Å². The smallest absolute Gasteiger partial charge is 0.303 e. The molecule has 0 saturated heterocycles. The summed E-state index contributed by atoms with van der Waals surface area (Å²) in [6.07, 6.45) is 6.44. The molecule has 0 heterocycles. The molecule has 0 rings (SSSR count). The van der Waals surface area contributed by atoms with Crippen molar-refractivity contribution in [3.05, 3.63) is 0 Å². The third-order valence-corrected chi connectivity index (χ3v) is 2.82. The van der Waals surface area contributed by atoms with Crippen LogP contribution in [0.2, 0.25) is 0 Å². The molecule has 0 aromatic heterocycles. The zero-order valence-electron chi connectivity index (χ0n) is 11.7. The SMILES string of the molecule is CCCCCCC(C)(C)CC(=O)COC(C)=O. The first-order valence-electron chi connectivity index (χ1n) is 6.52. The fourth-order valence-electron chi connectivity index (χ4n) is 1.89. The van der Waals surface area contributed by atoms with E-state index in [-0.39, 0.29) is 23.8 Å². The molecule has 0 amide bonds. The number of carbonyl (C=O) groups is 2. The highest BCUT2D eigenvalue weighted by Gasteiger charge is 2.21. The molecule has 0 aliphatic rings. The molecule has 0 bridgehead atoms. The van der Waals surface area contributed by atoms with Gasteiger partial charge in [0.1, 0.15) is 6.61 Å². The fraction of sp³-hybridized carbons (Fsp3) is 0.857. The third-order valence-electron chi connectivity index (χ3n) is 2.82. The molecule has 0 aliphatic carbocycles. The Morgan fingerprint density at radius 3 is 2.29 bits per heavy atom. The van der Waals surface area contributed by atoms with Gasteiger partial charge in [-0.3, -0.25) is 9.59 Å². The zero-order valence-corrected chi connectivity index (χ0v) is 11.7. The van der Waals surface area contributed by atoms with Crippen LogP contribution in [0.25, 0.3) is 0 Å². The first-order valence-corrected chi connectivity index (χ1v) is 6.52. The highest BCUT2D eigenvalue weighted by atomic mass is 16.5. The van der Waals surface area contributed by atoms with Crippen molar-refractivity contribution in [2.24, 2.45) is 5.41 Å². The van der Waals surface area contributed by atoms with Gasteiger partial charge in [0.05, 0.1) is 0 Å². The maximum atomic E-state index is 11.6. The minimum Gasteiger partial charge on any atom is -0.458 e. The Morgan fingerprint density at radius 1 is 1.12 bits per heavy atom. The number of rotatable bonds is 9. The van der Waals surface area contributed by atoms with E-state index in [2.05, 4.69) is 20.8 Å². The molecule has 3 nitrogen and oxygen atoms in total. The summed E-state index contributed by atoms with van der Waals surface area (Å²) < 4.78 is 4.70. The summed E-state index contributed by atoms with van der Waals surface area (Å²) in [6, 6.07) is 0. The van der Waals surface area contributed by atoms with Crippen LogP contribution < -0.4 is 0 Å². The van der Waals surface area contributed by atoms with Crippen LogP contribution in [0.1, 0.15) is 66.2 Å². The largest absolute Gasteiger partial charge is 0.458 e. The predicted molar refractivity (Wildman–Crippen MR) is 68.8 cm³/mol. The van der Waals surface area contributed by atoms with Gasteiger partial charge in [-0.1, -0.05) is 46.5 Å². The molecule has 17 heavy (non-hydrogen) atoms. The molecule has 0 fully saturated rings. The summed E-state index contributed by atoms with van der Waals surface area (Å²) >= 11 is 0. The van der Waals surface area contributed by atoms with Gasteiger partial charge in [-0.2, -0.15) is 0 Å². The maximum Gasteiger partial charge on any atom is 0.303 e. The van der Waals surface area contributed by atoms with Gasteiger partial charge in [0.15, 0.2) is 5.78 Å². The lowest BCUT2D eigenvalue weighted by atomic mass is 9.82. The number of Topliss-reactive ketones (excluding diaryl/α,β-unsaturated/α-hetero) is 1. The highest BCUT2D eigenvalue weighted by molar-refractivity contribution is 5.82. The van der Waals surface area contributed by atoms with E-state index >= 15 is 0 Å². The van der Waals surface area contributed by atoms with Crippen molar-refractivity contribution in [1.82, 2.24) is 0 Å². The molecule has 0 aliphatic heterocycles. The average molecular weight is 242 g/mol. The number of unbranched alkanes of at least 4 members (excludes halogenated alkanes) is 3. The monoisotopic (exact) mass is 242 g/mol. The summed E-state index contributed by atoms with van der Waals surface area (Å²) in [5, 5.41) is 0. The van der Waals surface area contributed by atoms with Crippen molar-refractivity contribution >= 4 is 11.8 Å². The van der Waals surface area contributed by atoms with Crippen molar-refractivity contribution in [3.8, 4) is 0 Å². The fourth-order valence-corrected chi connectivity index (χ4v) is 1.89. The van der Waals surface area contributed by atoms with E-state index in [0.717, 1.165) is 6.42 Å². The maximum absolute atomic E-state index is 11.6. The molecule has 0 unspecified atom stereocenters. The first-order chi connectivity index (χ1) is 7.87. The Hall–Kier alpha value is -0.860. The lowest BCUT2D eigenvalue weighted by molar-refractivity contribution is -0.146. The Kier molecular flexibility index (Phi) is 7.85. The Bertz CT molecular complexity index is 244. The van der Waals surface area contributed by atoms with E-state index < -0.39 is 0 Å². The highest BCUT2D eigenvalue weighted by Crippen LogP contribution is 2.28. The third kappa shape index (κ3) is 10.0. The second-order valence-corrected chi connectivity index (χ2v) is 5.47. The van der Waals surface area contributed by atoms with E-state index in [1.54, 1.807) is 0 Å². The Balaban J connectivity index is 3.81. The van der Waals surface area contributed by atoms with Crippen molar-refractivity contribution < 1.29 is 14.3 Å². The van der Waals surface area contributed by atoms with Gasteiger partial charge < -0.3 is 4.74 Å². The van der Waals surface area contributed by atoms with Crippen LogP contribution in [0.15, 0.2) is 0 Å². The van der Waals surface area contributed by atoms with E-state index in [9.17, 15) is 9.59 Å². The molecule has 100 valence electrons. The Labute approximate surface area is 105 Å². The molecule has 0 saturated carbocycles. The molecular weight excluding hydrogens is 216 g/mol. The number of ether oxygens (including phenoxy) is 1. The number of ketones is 1. The quantitative estimate of drug-likeness (QED) is 0.459. The van der Waals surface area contributed by atoms with Crippen LogP contribution in [-0.2, 0) is 14.3 Å². The Morgan fingerprint density at radius 2 is 1.76 bits per heavy atom. The normalized spacial score (nSPS) is 11.3. The number of hydrogen-bond donors (Lipinski definition) is 0. The average Bonchev–Trinajstić information content (AvgIpc) is 2.21. The molecule has 0 N–H and O–H groups in total. The number of esters is 1. The standard InChI is InChI=1S/C14H26O3/c1-5-6-7-8-9-14(3,4)10-13(16)11-17-12(2)15/h5-11H2,1-4H3. The van der Waals surface area contributed by atoms with Gasteiger partial charge in [-0.25, -0.2) is 0 Å². The van der Waals surface area contributed by atoms with E-state index in [0.29, 0.717) is 6.42 Å². The molecule has 0 aromatic rings. The van der Waals surface area contributed by atoms with Gasteiger partial charge in [0, 0.05) is 13.3 Å². The summed E-state index contributed by atoms with van der Waals surface area (Å²) in [6.45, 7) is 7.64. The van der Waals surface area contributed by atoms with Gasteiger partial charge in [0.25, 0.3) is 0 Å². The van der Waals surface area contributed by atoms with Crippen LogP contribution >= 0.6 is 0 Å². The molecule has 0 aromatic carbocycles. The minimum atomic E-state index is -0.390. The molecule has 3 heteroatoms. The lowest BCUT2D eigenvalue weighted by Gasteiger charge is -2.23. The second kappa shape index (κ2) is 8.26. The van der Waals surface area contributed by atoms with Crippen molar-refractivity contribution in [2.75, 3.05) is 6.61 Å². The zero-order chi connectivity index (χ0) is 13.3. The van der Waals surface area contributed by atoms with Crippen LogP contribution in [0, 0.1) is 5.41 Å². The lowest BCUT2D eigenvalue weighted by Crippen LogP contribution is -2.21. The summed E-state index contributed by atoms with van der Waals surface area (Å²) in [5.74, 6) is -0.375. The predicted octanol–water partition coefficient (Wildman–Crippen LogP) is 3.51. The summed E-state index contributed by atoms with van der Waals surface area (Å²) in [5.41, 5.74) is 0.0188. The van der Waals surface area contributed by atoms with Gasteiger partial charge in [-0.15, -0.1) is 0 Å². The molecular formula is C14H26O3. The second-order valence-electron chi connectivity index (χ2n) is 5.47. The molecule has 0 spiro atoms. The van der Waals surface area contributed by atoms with Crippen molar-refractivity contribution in [2.45, 2.75) is 66.2 Å². The number of hydrogen-bond acceptors (Lipinski definition) is 3. The topological polar surface area (TPSA) is 43.4 Å². The summed E-state index contributed by atoms with van der Waals surface area (Å²) in [4.78, 5) is 22.2. The number of carbonyl (C=O) groups excluding carboxylic acids is 2. The van der Waals surface area contributed by atoms with E-state index in [4.69, 9.17) is 4.74 Å². The van der Waals surface area contributed by atoms with E-state index in [1.807, 2.05) is 0 Å². The first kappa shape index (κ1) is 16.1. The van der Waals surface area contributed by atoms with Gasteiger partial charge in [0.2, 0.25) is 0 Å². The van der Waals surface area contributed by atoms with Crippen molar-refractivity contribution in [1.29, 1.82) is 0 Å². The van der Waals surface area contributed by atoms with Crippen LogP contribution in [0.3, 0.4) is 0 Å². The molecule has 0 radical (unpaired) electrons. The van der Waals surface area contributed by atoms with Crippen molar-refractivity contribution in [3.63, 3.8) is 0 Å². The van der Waals surface area contributed by atoms with Gasteiger partial charge >= 0.3 is 5.97 Å². The van der Waals surface area contributed by atoms with Gasteiger partial charge in [-0.05, 0) is 11.8 Å². The molecule has 0 atom stereocenters. The van der Waals surface area contributed by atoms with Crippen LogP contribution in [-0.4, -0.2) is 18.4 Å². The van der Waals surface area contributed by atoms with E-state index in [1.165, 1.54) is 32.6 Å². The minimum absolute atomic E-state index is 0.0145. The summed E-state index contributed by atoms with van der Waals surface area (Å²) in [7, 11) is 0. The van der Waals surface area contributed by atoms with Crippen LogP contribution in [0.4, 0.5) is 0 Å².